The maximum absolute atomic E-state index is 13.9. The average Bonchev–Trinajstić information content (AvgIpc) is 3.22. The first-order valence-corrected chi connectivity index (χ1v) is 6.99. The van der Waals surface area contributed by atoms with Crippen molar-refractivity contribution in [2.45, 2.75) is 24.8 Å². The van der Waals surface area contributed by atoms with Crippen molar-refractivity contribution >= 4 is 11.6 Å². The maximum atomic E-state index is 13.9. The molecule has 2 aromatic rings. The molecular formula is C17H17FN2O. The summed E-state index contributed by atoms with van der Waals surface area (Å²) in [7, 11) is 0. The molecule has 21 heavy (non-hydrogen) atoms. The third-order valence-corrected chi connectivity index (χ3v) is 3.86. The summed E-state index contributed by atoms with van der Waals surface area (Å²) in [4.78, 5) is 12.2. The van der Waals surface area contributed by atoms with E-state index < -0.39 is 5.54 Å². The number of rotatable bonds is 4. The largest absolute Gasteiger partial charge is 0.399 e. The predicted molar refractivity (Wildman–Crippen MR) is 80.0 cm³/mol. The van der Waals surface area contributed by atoms with Gasteiger partial charge in [-0.05, 0) is 36.6 Å². The van der Waals surface area contributed by atoms with Gasteiger partial charge in [0, 0.05) is 11.3 Å². The highest BCUT2D eigenvalue weighted by molar-refractivity contribution is 5.80. The van der Waals surface area contributed by atoms with E-state index in [1.54, 1.807) is 30.3 Å². The van der Waals surface area contributed by atoms with Gasteiger partial charge in [-0.1, -0.05) is 30.3 Å². The van der Waals surface area contributed by atoms with Gasteiger partial charge in [-0.3, -0.25) is 4.79 Å². The van der Waals surface area contributed by atoms with Crippen LogP contribution < -0.4 is 11.1 Å². The maximum Gasteiger partial charge on any atom is 0.225 e. The molecule has 1 amide bonds. The number of nitrogen functional groups attached to an aromatic ring is 1. The van der Waals surface area contributed by atoms with Crippen LogP contribution in [0.25, 0.3) is 0 Å². The van der Waals surface area contributed by atoms with E-state index >= 15 is 0 Å². The molecule has 0 aliphatic heterocycles. The Balaban J connectivity index is 1.70. The van der Waals surface area contributed by atoms with Gasteiger partial charge in [-0.2, -0.15) is 0 Å². The number of halogens is 1. The third kappa shape index (κ3) is 2.89. The molecule has 0 spiro atoms. The van der Waals surface area contributed by atoms with E-state index in [4.69, 9.17) is 5.73 Å². The monoisotopic (exact) mass is 284 g/mol. The average molecular weight is 284 g/mol. The molecule has 1 aliphatic rings. The number of nitrogens with one attached hydrogen (secondary N) is 1. The molecule has 2 aromatic carbocycles. The summed E-state index contributed by atoms with van der Waals surface area (Å²) in [5.74, 6) is -0.358. The molecule has 0 heterocycles. The Kier molecular flexibility index (Phi) is 3.37. The Labute approximate surface area is 123 Å². The van der Waals surface area contributed by atoms with Crippen molar-refractivity contribution in [1.82, 2.24) is 5.32 Å². The predicted octanol–water partition coefficient (Wildman–Crippen LogP) is 2.76. The number of anilines is 1. The molecule has 0 bridgehead atoms. The number of nitrogens with two attached hydrogens (primary N) is 1. The van der Waals surface area contributed by atoms with Crippen LogP contribution in [-0.2, 0) is 16.8 Å². The fourth-order valence-electron chi connectivity index (χ4n) is 2.57. The van der Waals surface area contributed by atoms with E-state index in [1.807, 2.05) is 12.1 Å². The number of hydrogen-bond donors (Lipinski definition) is 2. The minimum absolute atomic E-state index is 0.0967. The van der Waals surface area contributed by atoms with Crippen LogP contribution in [0.5, 0.6) is 0 Å². The molecule has 3 rings (SSSR count). The highest BCUT2D eigenvalue weighted by atomic mass is 19.1. The molecule has 0 radical (unpaired) electrons. The van der Waals surface area contributed by atoms with E-state index in [9.17, 15) is 9.18 Å². The van der Waals surface area contributed by atoms with E-state index in [2.05, 4.69) is 5.32 Å². The molecule has 0 saturated heterocycles. The van der Waals surface area contributed by atoms with Crippen LogP contribution in [0.4, 0.5) is 10.1 Å². The number of amides is 1. The molecule has 4 heteroatoms. The minimum atomic E-state index is -0.518. The van der Waals surface area contributed by atoms with Crippen LogP contribution in [0.1, 0.15) is 24.0 Å². The molecule has 1 aliphatic carbocycles. The van der Waals surface area contributed by atoms with Gasteiger partial charge in [0.1, 0.15) is 5.82 Å². The van der Waals surface area contributed by atoms with Crippen molar-refractivity contribution in [3.05, 3.63) is 65.5 Å². The fraction of sp³-hybridized carbons (Fsp3) is 0.235. The van der Waals surface area contributed by atoms with Crippen LogP contribution in [0.2, 0.25) is 0 Å². The summed E-state index contributed by atoms with van der Waals surface area (Å²) >= 11 is 0. The van der Waals surface area contributed by atoms with Crippen molar-refractivity contribution in [2.24, 2.45) is 0 Å². The lowest BCUT2D eigenvalue weighted by Crippen LogP contribution is -2.36. The summed E-state index contributed by atoms with van der Waals surface area (Å²) in [5.41, 5.74) is 7.25. The van der Waals surface area contributed by atoms with E-state index in [0.29, 0.717) is 11.3 Å². The van der Waals surface area contributed by atoms with Crippen LogP contribution in [0.3, 0.4) is 0 Å². The van der Waals surface area contributed by atoms with E-state index in [0.717, 1.165) is 18.4 Å². The zero-order valence-electron chi connectivity index (χ0n) is 11.6. The Morgan fingerprint density at radius 2 is 1.81 bits per heavy atom. The molecule has 1 saturated carbocycles. The van der Waals surface area contributed by atoms with Gasteiger partial charge in [0.25, 0.3) is 0 Å². The fourth-order valence-corrected chi connectivity index (χ4v) is 2.57. The van der Waals surface area contributed by atoms with Crippen molar-refractivity contribution < 1.29 is 9.18 Å². The quantitative estimate of drug-likeness (QED) is 0.848. The minimum Gasteiger partial charge on any atom is -0.399 e. The van der Waals surface area contributed by atoms with Crippen molar-refractivity contribution in [3.8, 4) is 0 Å². The Morgan fingerprint density at radius 1 is 1.14 bits per heavy atom. The molecular weight excluding hydrogens is 267 g/mol. The number of carbonyl (C=O) groups excluding carboxylic acids is 1. The van der Waals surface area contributed by atoms with Gasteiger partial charge in [-0.15, -0.1) is 0 Å². The first-order valence-electron chi connectivity index (χ1n) is 6.99. The highest BCUT2D eigenvalue weighted by Gasteiger charge is 2.47. The second-order valence-electron chi connectivity index (χ2n) is 5.53. The van der Waals surface area contributed by atoms with Crippen molar-refractivity contribution in [1.29, 1.82) is 0 Å². The molecule has 3 nitrogen and oxygen atoms in total. The second kappa shape index (κ2) is 5.20. The summed E-state index contributed by atoms with van der Waals surface area (Å²) in [6.45, 7) is 0. The third-order valence-electron chi connectivity index (χ3n) is 3.86. The Morgan fingerprint density at radius 3 is 2.43 bits per heavy atom. The number of benzene rings is 2. The summed E-state index contributed by atoms with van der Waals surface area (Å²) < 4.78 is 13.9. The lowest BCUT2D eigenvalue weighted by molar-refractivity contribution is -0.121. The van der Waals surface area contributed by atoms with E-state index in [-0.39, 0.29) is 18.1 Å². The van der Waals surface area contributed by atoms with Crippen LogP contribution in [0, 0.1) is 5.82 Å². The normalized spacial score (nSPS) is 15.5. The van der Waals surface area contributed by atoms with Gasteiger partial charge in [-0.25, -0.2) is 4.39 Å². The molecule has 3 N–H and O–H groups in total. The summed E-state index contributed by atoms with van der Waals surface area (Å²) in [6.07, 6.45) is 1.83. The molecule has 0 unspecified atom stereocenters. The van der Waals surface area contributed by atoms with Crippen LogP contribution in [-0.4, -0.2) is 5.91 Å². The van der Waals surface area contributed by atoms with Gasteiger partial charge in [0.15, 0.2) is 0 Å². The molecule has 108 valence electrons. The van der Waals surface area contributed by atoms with Crippen molar-refractivity contribution in [3.63, 3.8) is 0 Å². The second-order valence-corrected chi connectivity index (χ2v) is 5.53. The van der Waals surface area contributed by atoms with Crippen LogP contribution in [0.15, 0.2) is 48.5 Å². The van der Waals surface area contributed by atoms with Crippen molar-refractivity contribution in [2.75, 3.05) is 5.73 Å². The first-order chi connectivity index (χ1) is 10.1. The Bertz CT molecular complexity index is 663. The zero-order valence-corrected chi connectivity index (χ0v) is 11.6. The topological polar surface area (TPSA) is 55.1 Å². The number of hydrogen-bond acceptors (Lipinski definition) is 2. The molecule has 0 aromatic heterocycles. The zero-order chi connectivity index (χ0) is 14.9. The summed E-state index contributed by atoms with van der Waals surface area (Å²) in [6, 6.07) is 13.8. The van der Waals surface area contributed by atoms with E-state index in [1.165, 1.54) is 6.07 Å². The summed E-state index contributed by atoms with van der Waals surface area (Å²) in [5, 5.41) is 2.98. The van der Waals surface area contributed by atoms with Gasteiger partial charge in [0.2, 0.25) is 5.91 Å². The molecule has 0 atom stereocenters. The van der Waals surface area contributed by atoms with Gasteiger partial charge in [0.05, 0.1) is 12.0 Å². The highest BCUT2D eigenvalue weighted by Crippen LogP contribution is 2.46. The molecule has 1 fully saturated rings. The Hall–Kier alpha value is -2.36. The van der Waals surface area contributed by atoms with Crippen LogP contribution >= 0.6 is 0 Å². The van der Waals surface area contributed by atoms with Gasteiger partial charge < -0.3 is 11.1 Å². The lowest BCUT2D eigenvalue weighted by atomic mass is 10.0. The smallest absolute Gasteiger partial charge is 0.225 e. The standard InChI is InChI=1S/C17H17FN2O/c18-15-4-2-1-3-14(15)17(9-10-17)20-16(21)11-12-5-7-13(19)8-6-12/h1-8H,9-11,19H2,(H,20,21). The first kappa shape index (κ1) is 13.6. The number of carbonyl (C=O) groups is 1. The van der Waals surface area contributed by atoms with Gasteiger partial charge >= 0.3 is 0 Å². The lowest BCUT2D eigenvalue weighted by Gasteiger charge is -2.18. The SMILES string of the molecule is Nc1ccc(CC(=O)NC2(c3ccccc3F)CC2)cc1.